The fourth-order valence-corrected chi connectivity index (χ4v) is 10.4. The molecule has 462 valence electrons. The molecular weight excluding hydrogens is 1040 g/mol. The van der Waals surface area contributed by atoms with Crippen LogP contribution >= 0.6 is 0 Å². The Morgan fingerprint density at radius 1 is 0.646 bits per heavy atom. The number of hydrogen-bond acceptors (Lipinski definition) is 20. The number of ether oxygens (including phenoxy) is 6. The maximum absolute atomic E-state index is 13.3. The van der Waals surface area contributed by atoms with Gasteiger partial charge in [-0.1, -0.05) is 148 Å². The fraction of sp³-hybridized carbons (Fsp3) is 0.911. The first kappa shape index (κ1) is 70.7. The van der Waals surface area contributed by atoms with Crippen molar-refractivity contribution in [2.75, 3.05) is 26.4 Å². The normalized spacial score (nSPS) is 30.9. The lowest BCUT2D eigenvalue weighted by Crippen LogP contribution is -2.70. The molecule has 23 heteroatoms. The molecule has 0 bridgehead atoms. The van der Waals surface area contributed by atoms with Crippen molar-refractivity contribution >= 4 is 17.8 Å². The summed E-state index contributed by atoms with van der Waals surface area (Å²) in [6.07, 6.45) is 1.18. The van der Waals surface area contributed by atoms with E-state index in [0.29, 0.717) is 19.3 Å². The van der Waals surface area contributed by atoms with Crippen LogP contribution in [-0.4, -0.2) is 215 Å². The van der Waals surface area contributed by atoms with Gasteiger partial charge in [-0.2, -0.15) is 0 Å². The van der Waals surface area contributed by atoms with Crippen LogP contribution in [0.1, 0.15) is 188 Å². The zero-order chi connectivity index (χ0) is 58.3. The highest BCUT2D eigenvalue weighted by Gasteiger charge is 2.60. The Morgan fingerprint density at radius 3 is 1.75 bits per heavy atom. The molecule has 14 N–H and O–H groups in total. The summed E-state index contributed by atoms with van der Waals surface area (Å²) in [7, 11) is 0. The van der Waals surface area contributed by atoms with Gasteiger partial charge in [-0.3, -0.25) is 9.59 Å². The Labute approximate surface area is 467 Å². The van der Waals surface area contributed by atoms with Gasteiger partial charge in [0.05, 0.1) is 50.7 Å². The molecule has 0 aromatic rings. The Morgan fingerprint density at radius 2 is 1.19 bits per heavy atom. The molecule has 0 spiro atoms. The van der Waals surface area contributed by atoms with E-state index in [1.165, 1.54) is 64.2 Å². The predicted octanol–water partition coefficient (Wildman–Crippen LogP) is 2.00. The van der Waals surface area contributed by atoms with Gasteiger partial charge in [0.1, 0.15) is 67.1 Å². The summed E-state index contributed by atoms with van der Waals surface area (Å²) in [5.41, 5.74) is 0. The highest BCUT2D eigenvalue weighted by molar-refractivity contribution is 5.77. The van der Waals surface area contributed by atoms with Crippen LogP contribution in [0.15, 0.2) is 12.2 Å². The zero-order valence-corrected chi connectivity index (χ0v) is 47.2. The number of hydrogen-bond donors (Lipinski definition) is 14. The van der Waals surface area contributed by atoms with E-state index in [2.05, 4.69) is 36.6 Å². The summed E-state index contributed by atoms with van der Waals surface area (Å²) in [6, 6.07) is -2.53. The lowest BCUT2D eigenvalue weighted by molar-refractivity contribution is -0.386. The van der Waals surface area contributed by atoms with Crippen molar-refractivity contribution in [2.45, 2.75) is 298 Å². The number of unbranched alkanes of at least 4 members (excludes halogenated alkanes) is 20. The van der Waals surface area contributed by atoms with Crippen molar-refractivity contribution in [1.29, 1.82) is 0 Å². The molecule has 3 rings (SSSR count). The number of aliphatic hydroxyl groups is 11. The second-order valence-corrected chi connectivity index (χ2v) is 21.9. The Bertz CT molecular complexity index is 1680. The van der Waals surface area contributed by atoms with E-state index in [9.17, 15) is 75.7 Å². The summed E-state index contributed by atoms with van der Waals surface area (Å²) in [5, 5.41) is 135. The van der Waals surface area contributed by atoms with Crippen LogP contribution in [0.25, 0.3) is 0 Å². The van der Waals surface area contributed by atoms with Crippen molar-refractivity contribution < 1.29 is 104 Å². The second kappa shape index (κ2) is 39.1. The summed E-state index contributed by atoms with van der Waals surface area (Å²) < 4.78 is 34.7. The first-order valence-electron chi connectivity index (χ1n) is 29.5. The summed E-state index contributed by atoms with van der Waals surface area (Å²) in [5.74, 6) is -6.12. The molecule has 23 nitrogen and oxygen atoms in total. The van der Waals surface area contributed by atoms with Crippen molar-refractivity contribution in [3.05, 3.63) is 12.2 Å². The van der Waals surface area contributed by atoms with Crippen molar-refractivity contribution in [2.24, 2.45) is 0 Å². The third-order valence-corrected chi connectivity index (χ3v) is 15.2. The highest BCUT2D eigenvalue weighted by Crippen LogP contribution is 2.38. The number of allylic oxidation sites excluding steroid dienone is 2. The molecule has 3 saturated heterocycles. The SMILES string of the molecule is CCCC/C=C\CCCCCCC(=O)NC(COC1OC(CO)C(OC2OC(CO)C(O)C(OC3(C(=O)O)CC(O)C(NC(C)=O)C(C(O)C(O)CO)O3)C2O)C(O)C1O)C(O)CCCCCCCCCCCCCCCCC. The van der Waals surface area contributed by atoms with Gasteiger partial charge in [-0.15, -0.1) is 0 Å². The number of carboxylic acid groups (broad SMARTS) is 1. The van der Waals surface area contributed by atoms with Crippen LogP contribution in [0.4, 0.5) is 0 Å². The van der Waals surface area contributed by atoms with Crippen molar-refractivity contribution in [3.63, 3.8) is 0 Å². The van der Waals surface area contributed by atoms with Crippen LogP contribution in [-0.2, 0) is 42.8 Å². The van der Waals surface area contributed by atoms with Crippen LogP contribution in [0.5, 0.6) is 0 Å². The maximum Gasteiger partial charge on any atom is 0.364 e. The smallest absolute Gasteiger partial charge is 0.364 e. The van der Waals surface area contributed by atoms with Crippen LogP contribution in [0.2, 0.25) is 0 Å². The number of amides is 2. The molecule has 0 saturated carbocycles. The molecule has 2 amide bonds. The summed E-state index contributed by atoms with van der Waals surface area (Å²) >= 11 is 0. The van der Waals surface area contributed by atoms with Gasteiger partial charge in [0.15, 0.2) is 12.6 Å². The Balaban J connectivity index is 1.68. The van der Waals surface area contributed by atoms with Crippen molar-refractivity contribution in [1.82, 2.24) is 10.6 Å². The Hall–Kier alpha value is -2.53. The van der Waals surface area contributed by atoms with Gasteiger partial charge >= 0.3 is 5.97 Å². The number of nitrogens with one attached hydrogen (secondary N) is 2. The van der Waals surface area contributed by atoms with E-state index in [1.54, 1.807) is 0 Å². The van der Waals surface area contributed by atoms with Crippen LogP contribution < -0.4 is 10.6 Å². The topological polar surface area (TPSA) is 373 Å². The number of carboxylic acids is 1. The van der Waals surface area contributed by atoms with E-state index in [1.807, 2.05) is 0 Å². The highest BCUT2D eigenvalue weighted by atomic mass is 16.8. The predicted molar refractivity (Wildman–Crippen MR) is 288 cm³/mol. The van der Waals surface area contributed by atoms with E-state index in [4.69, 9.17) is 28.4 Å². The molecule has 3 aliphatic heterocycles. The molecular formula is C56H102N2O21. The molecule has 0 aromatic carbocycles. The Kier molecular flexibility index (Phi) is 35.0. The molecule has 0 radical (unpaired) electrons. The van der Waals surface area contributed by atoms with Gasteiger partial charge in [0.25, 0.3) is 5.79 Å². The number of carbonyl (C=O) groups is 3. The number of aliphatic carboxylic acids is 1. The molecule has 3 heterocycles. The minimum atomic E-state index is -3.08. The standard InChI is InChI=1S/C56H102N2O21/c1-4-6-8-10-12-14-16-17-18-19-20-21-23-25-27-29-38(63)37(58-43(66)30-28-26-24-22-15-13-11-9-7-5-2)35-74-53-48(70)47(69)50(42(34-61)76-53)77-54-49(71)52(46(68)41(33-60)75-54)79-56(55(72)73)31-39(64)44(57-36(3)62)51(78-56)45(67)40(65)32-59/h11,13,37-42,44-54,59-61,63-65,67-71H,4-10,12,14-35H2,1-3H3,(H,57,62)(H,58,66)(H,72,73)/b13-11-. The largest absolute Gasteiger partial charge is 0.477 e. The zero-order valence-electron chi connectivity index (χ0n) is 47.2. The molecule has 18 atom stereocenters. The van der Waals surface area contributed by atoms with Gasteiger partial charge < -0.3 is 100 Å². The van der Waals surface area contributed by atoms with Gasteiger partial charge in [0.2, 0.25) is 11.8 Å². The monoisotopic (exact) mass is 1140 g/mol. The molecule has 18 unspecified atom stereocenters. The quantitative estimate of drug-likeness (QED) is 0.0307. The van der Waals surface area contributed by atoms with Gasteiger partial charge in [-0.25, -0.2) is 4.79 Å². The number of rotatable bonds is 42. The van der Waals surface area contributed by atoms with E-state index in [-0.39, 0.29) is 18.9 Å². The lowest BCUT2D eigenvalue weighted by atomic mass is 9.88. The van der Waals surface area contributed by atoms with E-state index >= 15 is 0 Å². The maximum atomic E-state index is 13.3. The molecule has 0 aliphatic carbocycles. The molecule has 0 aromatic heterocycles. The van der Waals surface area contributed by atoms with E-state index < -0.39 is 148 Å². The van der Waals surface area contributed by atoms with Crippen LogP contribution in [0, 0.1) is 0 Å². The van der Waals surface area contributed by atoms with Crippen LogP contribution in [0.3, 0.4) is 0 Å². The second-order valence-electron chi connectivity index (χ2n) is 21.9. The number of carbonyl (C=O) groups excluding carboxylic acids is 2. The first-order chi connectivity index (χ1) is 37.9. The average molecular weight is 1140 g/mol. The number of aliphatic hydroxyl groups excluding tert-OH is 11. The lowest BCUT2D eigenvalue weighted by Gasteiger charge is -2.50. The average Bonchev–Trinajstić information content (AvgIpc) is 3.52. The molecule has 79 heavy (non-hydrogen) atoms. The van der Waals surface area contributed by atoms with Crippen molar-refractivity contribution in [3.8, 4) is 0 Å². The first-order valence-corrected chi connectivity index (χ1v) is 29.5. The van der Waals surface area contributed by atoms with Gasteiger partial charge in [0, 0.05) is 19.8 Å². The fourth-order valence-electron chi connectivity index (χ4n) is 10.4. The van der Waals surface area contributed by atoms with Gasteiger partial charge in [-0.05, 0) is 32.1 Å². The van der Waals surface area contributed by atoms with E-state index in [0.717, 1.165) is 77.6 Å². The third kappa shape index (κ3) is 23.9. The third-order valence-electron chi connectivity index (χ3n) is 15.2. The summed E-state index contributed by atoms with van der Waals surface area (Å²) in [4.78, 5) is 38.3. The minimum Gasteiger partial charge on any atom is -0.477 e. The summed E-state index contributed by atoms with van der Waals surface area (Å²) in [6.45, 7) is 2.10. The molecule has 3 fully saturated rings. The molecule has 3 aliphatic rings. The minimum absolute atomic E-state index is 0.209.